The van der Waals surface area contributed by atoms with E-state index in [1.165, 1.54) is 18.6 Å². The molecule has 4 nitrogen and oxygen atoms in total. The standard InChI is InChI=1S/C16H22N2O2S/c1-3-15-17-13-8-7-12(16(19)20)11-14(13)18(15)9-5-4-6-10-21-2/h7-8,11H,3-6,9-10H2,1-2H3,(H,19,20). The van der Waals surface area contributed by atoms with Gasteiger partial charge in [0.1, 0.15) is 5.82 Å². The third kappa shape index (κ3) is 3.79. The molecule has 1 aromatic carbocycles. The van der Waals surface area contributed by atoms with E-state index in [9.17, 15) is 4.79 Å². The van der Waals surface area contributed by atoms with E-state index in [1.54, 1.807) is 12.1 Å². The first-order chi connectivity index (χ1) is 10.2. The summed E-state index contributed by atoms with van der Waals surface area (Å²) in [5, 5.41) is 9.14. The summed E-state index contributed by atoms with van der Waals surface area (Å²) in [6.45, 7) is 3.00. The second-order valence-corrected chi connectivity index (χ2v) is 6.08. The maximum absolute atomic E-state index is 11.1. The molecule has 2 rings (SSSR count). The van der Waals surface area contributed by atoms with Gasteiger partial charge in [0.15, 0.2) is 0 Å². The number of hydrogen-bond acceptors (Lipinski definition) is 3. The molecule has 0 spiro atoms. The van der Waals surface area contributed by atoms with E-state index in [4.69, 9.17) is 5.11 Å². The average Bonchev–Trinajstić information content (AvgIpc) is 2.84. The number of carboxylic acids is 1. The fourth-order valence-electron chi connectivity index (χ4n) is 2.52. The average molecular weight is 306 g/mol. The maximum atomic E-state index is 11.1. The Bertz CT molecular complexity index is 622. The van der Waals surface area contributed by atoms with Crippen LogP contribution < -0.4 is 0 Å². The van der Waals surface area contributed by atoms with E-state index >= 15 is 0 Å². The van der Waals surface area contributed by atoms with Crippen LogP contribution in [-0.4, -0.2) is 32.6 Å². The number of carbonyl (C=O) groups is 1. The molecule has 0 atom stereocenters. The van der Waals surface area contributed by atoms with Gasteiger partial charge in [-0.25, -0.2) is 9.78 Å². The summed E-state index contributed by atoms with van der Waals surface area (Å²) in [7, 11) is 0. The highest BCUT2D eigenvalue weighted by molar-refractivity contribution is 7.98. The number of unbranched alkanes of at least 4 members (excludes halogenated alkanes) is 2. The zero-order valence-corrected chi connectivity index (χ0v) is 13.4. The fraction of sp³-hybridized carbons (Fsp3) is 0.500. The Kier molecular flexibility index (Phi) is 5.67. The van der Waals surface area contributed by atoms with Gasteiger partial charge in [-0.3, -0.25) is 0 Å². The van der Waals surface area contributed by atoms with Crippen LogP contribution in [0.25, 0.3) is 11.0 Å². The number of carboxylic acid groups (broad SMARTS) is 1. The van der Waals surface area contributed by atoms with Crippen molar-refractivity contribution < 1.29 is 9.90 Å². The zero-order valence-electron chi connectivity index (χ0n) is 12.6. The van der Waals surface area contributed by atoms with Crippen molar-refractivity contribution >= 4 is 28.8 Å². The Balaban J connectivity index is 2.22. The van der Waals surface area contributed by atoms with Crippen molar-refractivity contribution in [2.24, 2.45) is 0 Å². The lowest BCUT2D eigenvalue weighted by molar-refractivity contribution is 0.0697. The van der Waals surface area contributed by atoms with Crippen LogP contribution in [0.3, 0.4) is 0 Å². The number of hydrogen-bond donors (Lipinski definition) is 1. The number of benzene rings is 1. The summed E-state index contributed by atoms with van der Waals surface area (Å²) < 4.78 is 2.18. The maximum Gasteiger partial charge on any atom is 0.335 e. The smallest absolute Gasteiger partial charge is 0.335 e. The molecule has 1 aromatic heterocycles. The van der Waals surface area contributed by atoms with Crippen molar-refractivity contribution in [2.45, 2.75) is 39.2 Å². The first-order valence-electron chi connectivity index (χ1n) is 7.38. The van der Waals surface area contributed by atoms with Gasteiger partial charge in [-0.15, -0.1) is 0 Å². The van der Waals surface area contributed by atoms with Crippen molar-refractivity contribution in [1.29, 1.82) is 0 Å². The summed E-state index contributed by atoms with van der Waals surface area (Å²) in [5.41, 5.74) is 2.16. The molecule has 5 heteroatoms. The zero-order chi connectivity index (χ0) is 15.2. The van der Waals surface area contributed by atoms with Gasteiger partial charge in [0.25, 0.3) is 0 Å². The third-order valence-corrected chi connectivity index (χ3v) is 4.32. The first kappa shape index (κ1) is 15.9. The predicted octanol–water partition coefficient (Wildman–Crippen LogP) is 3.83. The molecule has 0 radical (unpaired) electrons. The summed E-state index contributed by atoms with van der Waals surface area (Å²) in [5.74, 6) is 1.36. The monoisotopic (exact) mass is 306 g/mol. The number of fused-ring (bicyclic) bond motifs is 1. The molecule has 21 heavy (non-hydrogen) atoms. The van der Waals surface area contributed by atoms with Crippen LogP contribution in [0.4, 0.5) is 0 Å². The number of thioether (sulfide) groups is 1. The molecule has 0 bridgehead atoms. The molecule has 0 aliphatic carbocycles. The summed E-state index contributed by atoms with van der Waals surface area (Å²) in [6, 6.07) is 5.17. The Labute approximate surface area is 129 Å². The Hall–Kier alpha value is -1.49. The van der Waals surface area contributed by atoms with Crippen molar-refractivity contribution in [3.63, 3.8) is 0 Å². The molecule has 0 saturated heterocycles. The molecule has 0 saturated carbocycles. The minimum absolute atomic E-state index is 0.327. The Morgan fingerprint density at radius 2 is 2.14 bits per heavy atom. The highest BCUT2D eigenvalue weighted by Gasteiger charge is 2.12. The van der Waals surface area contributed by atoms with Crippen LogP contribution in [-0.2, 0) is 13.0 Å². The Morgan fingerprint density at radius 1 is 1.33 bits per heavy atom. The number of nitrogens with zero attached hydrogens (tertiary/aromatic N) is 2. The van der Waals surface area contributed by atoms with Crippen molar-refractivity contribution in [2.75, 3.05) is 12.0 Å². The third-order valence-electron chi connectivity index (χ3n) is 3.62. The molecule has 0 amide bonds. The normalized spacial score (nSPS) is 11.1. The molecule has 0 fully saturated rings. The fourth-order valence-corrected chi connectivity index (χ4v) is 3.01. The minimum Gasteiger partial charge on any atom is -0.478 e. The van der Waals surface area contributed by atoms with Gasteiger partial charge in [-0.1, -0.05) is 13.3 Å². The highest BCUT2D eigenvalue weighted by Crippen LogP contribution is 2.20. The van der Waals surface area contributed by atoms with E-state index in [-0.39, 0.29) is 0 Å². The molecule has 0 unspecified atom stereocenters. The molecule has 1 heterocycles. The second kappa shape index (κ2) is 7.50. The van der Waals surface area contributed by atoms with Gasteiger partial charge in [0.05, 0.1) is 16.6 Å². The molecular weight excluding hydrogens is 284 g/mol. The van der Waals surface area contributed by atoms with Crippen molar-refractivity contribution in [3.05, 3.63) is 29.6 Å². The number of aryl methyl sites for hydroxylation is 2. The molecule has 0 aliphatic rings. The Morgan fingerprint density at radius 3 is 2.81 bits per heavy atom. The van der Waals surface area contributed by atoms with E-state index < -0.39 is 5.97 Å². The SMILES string of the molecule is CCc1nc2ccc(C(=O)O)cc2n1CCCCCSC. The molecule has 1 N–H and O–H groups in total. The minimum atomic E-state index is -0.886. The van der Waals surface area contributed by atoms with E-state index in [1.807, 2.05) is 17.8 Å². The summed E-state index contributed by atoms with van der Waals surface area (Å²) in [6.07, 6.45) is 6.53. The van der Waals surface area contributed by atoms with E-state index in [0.29, 0.717) is 5.56 Å². The molecule has 2 aromatic rings. The number of aromatic carboxylic acids is 1. The predicted molar refractivity (Wildman–Crippen MR) is 88.3 cm³/mol. The van der Waals surface area contributed by atoms with Gasteiger partial charge < -0.3 is 9.67 Å². The first-order valence-corrected chi connectivity index (χ1v) is 8.78. The molecule has 0 aliphatic heterocycles. The number of rotatable bonds is 8. The topological polar surface area (TPSA) is 55.1 Å². The van der Waals surface area contributed by atoms with Crippen LogP contribution in [0, 0.1) is 0 Å². The van der Waals surface area contributed by atoms with Gasteiger partial charge in [-0.05, 0) is 43.0 Å². The van der Waals surface area contributed by atoms with Crippen LogP contribution in [0.2, 0.25) is 0 Å². The van der Waals surface area contributed by atoms with E-state index in [2.05, 4.69) is 22.7 Å². The summed E-state index contributed by atoms with van der Waals surface area (Å²) in [4.78, 5) is 15.7. The summed E-state index contributed by atoms with van der Waals surface area (Å²) >= 11 is 1.88. The second-order valence-electron chi connectivity index (χ2n) is 5.10. The molecule has 114 valence electrons. The number of imidazole rings is 1. The van der Waals surface area contributed by atoms with Gasteiger partial charge in [0.2, 0.25) is 0 Å². The lowest BCUT2D eigenvalue weighted by Gasteiger charge is -2.08. The van der Waals surface area contributed by atoms with Crippen molar-refractivity contribution in [1.82, 2.24) is 9.55 Å². The van der Waals surface area contributed by atoms with Gasteiger partial charge in [-0.2, -0.15) is 11.8 Å². The quantitative estimate of drug-likeness (QED) is 0.753. The van der Waals surface area contributed by atoms with Crippen molar-refractivity contribution in [3.8, 4) is 0 Å². The van der Waals surface area contributed by atoms with E-state index in [0.717, 1.165) is 36.2 Å². The van der Waals surface area contributed by atoms with Crippen LogP contribution in [0.5, 0.6) is 0 Å². The van der Waals surface area contributed by atoms with Gasteiger partial charge >= 0.3 is 5.97 Å². The number of aromatic nitrogens is 2. The lowest BCUT2D eigenvalue weighted by atomic mass is 10.2. The van der Waals surface area contributed by atoms with Crippen LogP contribution in [0.15, 0.2) is 18.2 Å². The largest absolute Gasteiger partial charge is 0.478 e. The lowest BCUT2D eigenvalue weighted by Crippen LogP contribution is -2.04. The van der Waals surface area contributed by atoms with Crippen LogP contribution in [0.1, 0.15) is 42.4 Å². The van der Waals surface area contributed by atoms with Gasteiger partial charge in [0, 0.05) is 13.0 Å². The highest BCUT2D eigenvalue weighted by atomic mass is 32.2. The molecular formula is C16H22N2O2S. The van der Waals surface area contributed by atoms with Crippen LogP contribution >= 0.6 is 11.8 Å².